The van der Waals surface area contributed by atoms with Gasteiger partial charge < -0.3 is 10.1 Å². The third-order valence-corrected chi connectivity index (χ3v) is 3.36. The van der Waals surface area contributed by atoms with E-state index in [1.54, 1.807) is 18.2 Å². The first kappa shape index (κ1) is 18.0. The van der Waals surface area contributed by atoms with Crippen molar-refractivity contribution in [1.82, 2.24) is 10.2 Å². The maximum atomic E-state index is 13.2. The number of aromatic amines is 1. The summed E-state index contributed by atoms with van der Waals surface area (Å²) in [6.45, 7) is 2.19. The number of carbonyl (C=O) groups is 1. The molecule has 0 spiro atoms. The van der Waals surface area contributed by atoms with Crippen LogP contribution in [0.25, 0.3) is 11.1 Å². The van der Waals surface area contributed by atoms with Gasteiger partial charge in [-0.3, -0.25) is 9.89 Å². The number of hydrogen-bond acceptors (Lipinski definition) is 3. The van der Waals surface area contributed by atoms with E-state index in [1.807, 2.05) is 12.0 Å². The van der Waals surface area contributed by atoms with E-state index < -0.39 is 17.8 Å². The normalized spacial score (nSPS) is 12.9. The molecule has 1 unspecified atom stereocenters. The summed E-state index contributed by atoms with van der Waals surface area (Å²) in [4.78, 5) is 12.0. The molecule has 0 saturated carbocycles. The Morgan fingerprint density at radius 3 is 2.58 bits per heavy atom. The summed E-state index contributed by atoms with van der Waals surface area (Å²) < 4.78 is 44.5. The third kappa shape index (κ3) is 4.35. The van der Waals surface area contributed by atoms with Crippen molar-refractivity contribution in [3.05, 3.63) is 36.0 Å². The van der Waals surface area contributed by atoms with Crippen molar-refractivity contribution < 1.29 is 22.7 Å². The van der Waals surface area contributed by atoms with Gasteiger partial charge in [0.05, 0.1) is 5.56 Å². The van der Waals surface area contributed by atoms with Crippen LogP contribution in [0, 0.1) is 5.92 Å². The number of halogens is 3. The van der Waals surface area contributed by atoms with Crippen molar-refractivity contribution in [2.75, 3.05) is 19.0 Å². The van der Waals surface area contributed by atoms with Crippen molar-refractivity contribution in [2.24, 2.45) is 5.92 Å². The molecule has 0 bridgehead atoms. The Morgan fingerprint density at radius 1 is 1.33 bits per heavy atom. The second kappa shape index (κ2) is 7.48. The molecule has 1 atom stereocenters. The molecule has 1 aromatic heterocycles. The van der Waals surface area contributed by atoms with E-state index in [4.69, 9.17) is 4.74 Å². The zero-order valence-electron chi connectivity index (χ0n) is 13.3. The summed E-state index contributed by atoms with van der Waals surface area (Å²) in [7, 11) is 1.52. The van der Waals surface area contributed by atoms with Crippen LogP contribution in [0.3, 0.4) is 0 Å². The predicted molar refractivity (Wildman–Crippen MR) is 83.3 cm³/mol. The van der Waals surface area contributed by atoms with E-state index in [0.29, 0.717) is 12.2 Å². The highest BCUT2D eigenvalue weighted by Gasteiger charge is 2.38. The Labute approximate surface area is 137 Å². The molecule has 2 aromatic rings. The van der Waals surface area contributed by atoms with Crippen LogP contribution in [0.4, 0.5) is 19.0 Å². The summed E-state index contributed by atoms with van der Waals surface area (Å²) in [5.41, 5.74) is -0.844. The van der Waals surface area contributed by atoms with Gasteiger partial charge in [-0.15, -0.1) is 0 Å². The van der Waals surface area contributed by atoms with Crippen LogP contribution in [0.5, 0.6) is 0 Å². The minimum atomic E-state index is -4.61. The highest BCUT2D eigenvalue weighted by molar-refractivity contribution is 5.94. The molecule has 1 aromatic carbocycles. The summed E-state index contributed by atoms with van der Waals surface area (Å²) in [6, 6.07) is 8.00. The molecule has 24 heavy (non-hydrogen) atoms. The molecule has 2 N–H and O–H groups in total. The summed E-state index contributed by atoms with van der Waals surface area (Å²) in [5, 5.41) is 8.08. The molecule has 0 radical (unpaired) electrons. The maximum absolute atomic E-state index is 13.2. The minimum absolute atomic E-state index is 0.0591. The van der Waals surface area contributed by atoms with E-state index in [2.05, 4.69) is 10.4 Å². The van der Waals surface area contributed by atoms with Gasteiger partial charge in [-0.2, -0.15) is 18.3 Å². The lowest BCUT2D eigenvalue weighted by Gasteiger charge is -2.11. The number of carbonyl (C=O) groups excluding carboxylic acids is 1. The van der Waals surface area contributed by atoms with E-state index in [9.17, 15) is 18.0 Å². The van der Waals surface area contributed by atoms with Gasteiger partial charge in [0, 0.05) is 20.1 Å². The average Bonchev–Trinajstić information content (AvgIpc) is 2.91. The van der Waals surface area contributed by atoms with Crippen LogP contribution in [0.15, 0.2) is 30.3 Å². The SMILES string of the molecule is COCC(C)CC(=O)Nc1n[nH]c(C(F)(F)F)c1-c1ccccc1. The van der Waals surface area contributed by atoms with E-state index in [0.717, 1.165) is 0 Å². The van der Waals surface area contributed by atoms with Crippen molar-refractivity contribution in [2.45, 2.75) is 19.5 Å². The second-order valence-corrected chi connectivity index (χ2v) is 5.50. The third-order valence-electron chi connectivity index (χ3n) is 3.36. The molecule has 0 saturated heterocycles. The number of alkyl halides is 3. The molecular formula is C16H18F3N3O2. The first-order chi connectivity index (χ1) is 11.3. The molecule has 0 aliphatic heterocycles. The fraction of sp³-hybridized carbons (Fsp3) is 0.375. The molecule has 8 heteroatoms. The standard InChI is InChI=1S/C16H18F3N3O2/c1-10(9-24-2)8-12(23)20-15-13(11-6-4-3-5-7-11)14(21-22-15)16(17,18)19/h3-7,10H,8-9H2,1-2H3,(H2,20,21,22,23). The minimum Gasteiger partial charge on any atom is -0.384 e. The van der Waals surface area contributed by atoms with Gasteiger partial charge in [0.15, 0.2) is 5.82 Å². The zero-order valence-corrected chi connectivity index (χ0v) is 13.3. The molecule has 1 amide bonds. The van der Waals surface area contributed by atoms with Gasteiger partial charge >= 0.3 is 6.18 Å². The largest absolute Gasteiger partial charge is 0.433 e. The lowest BCUT2D eigenvalue weighted by atomic mass is 10.0. The summed E-state index contributed by atoms with van der Waals surface area (Å²) in [5.74, 6) is -0.615. The van der Waals surface area contributed by atoms with Crippen molar-refractivity contribution in [1.29, 1.82) is 0 Å². The quantitative estimate of drug-likeness (QED) is 0.842. The number of H-pyrrole nitrogens is 1. The number of nitrogens with zero attached hydrogens (tertiary/aromatic N) is 1. The van der Waals surface area contributed by atoms with E-state index in [1.165, 1.54) is 19.2 Å². The first-order valence-electron chi connectivity index (χ1n) is 7.32. The Bertz CT molecular complexity index is 684. The van der Waals surface area contributed by atoms with Crippen molar-refractivity contribution in [3.8, 4) is 11.1 Å². The maximum Gasteiger partial charge on any atom is 0.433 e. The molecule has 5 nitrogen and oxygen atoms in total. The summed E-state index contributed by atoms with van der Waals surface area (Å²) in [6.07, 6.45) is -4.49. The van der Waals surface area contributed by atoms with Crippen LogP contribution >= 0.6 is 0 Å². The van der Waals surface area contributed by atoms with E-state index in [-0.39, 0.29) is 23.7 Å². The van der Waals surface area contributed by atoms with Crippen LogP contribution < -0.4 is 5.32 Å². The van der Waals surface area contributed by atoms with Gasteiger partial charge in [0.2, 0.25) is 5.91 Å². The number of nitrogens with one attached hydrogen (secondary N) is 2. The monoisotopic (exact) mass is 341 g/mol. The molecule has 130 valence electrons. The zero-order chi connectivity index (χ0) is 17.7. The molecule has 2 rings (SSSR count). The number of ether oxygens (including phenoxy) is 1. The van der Waals surface area contributed by atoms with Gasteiger partial charge in [0.25, 0.3) is 0 Å². The molecule has 0 aliphatic rings. The highest BCUT2D eigenvalue weighted by Crippen LogP contribution is 2.39. The molecular weight excluding hydrogens is 323 g/mol. The molecule has 0 fully saturated rings. The van der Waals surface area contributed by atoms with Gasteiger partial charge in [-0.1, -0.05) is 37.3 Å². The van der Waals surface area contributed by atoms with Gasteiger partial charge in [-0.25, -0.2) is 0 Å². The molecule has 1 heterocycles. The second-order valence-electron chi connectivity index (χ2n) is 5.50. The molecule has 0 aliphatic carbocycles. The Morgan fingerprint density at radius 2 is 2.00 bits per heavy atom. The van der Waals surface area contributed by atoms with Crippen molar-refractivity contribution >= 4 is 11.7 Å². The average molecular weight is 341 g/mol. The number of methoxy groups -OCH3 is 1. The van der Waals surface area contributed by atoms with Crippen LogP contribution in [0.2, 0.25) is 0 Å². The number of anilines is 1. The highest BCUT2D eigenvalue weighted by atomic mass is 19.4. The smallest absolute Gasteiger partial charge is 0.384 e. The fourth-order valence-corrected chi connectivity index (χ4v) is 2.37. The summed E-state index contributed by atoms with van der Waals surface area (Å²) >= 11 is 0. The van der Waals surface area contributed by atoms with Crippen LogP contribution in [-0.2, 0) is 15.7 Å². The first-order valence-corrected chi connectivity index (χ1v) is 7.32. The lowest BCUT2D eigenvalue weighted by Crippen LogP contribution is -2.18. The Hall–Kier alpha value is -2.35. The number of hydrogen-bond donors (Lipinski definition) is 2. The predicted octanol–water partition coefficient (Wildman–Crippen LogP) is 3.71. The van der Waals surface area contributed by atoms with Gasteiger partial charge in [0.1, 0.15) is 5.69 Å². The number of amides is 1. The fourth-order valence-electron chi connectivity index (χ4n) is 2.37. The topological polar surface area (TPSA) is 67.0 Å². The Kier molecular flexibility index (Phi) is 5.61. The van der Waals surface area contributed by atoms with Crippen LogP contribution in [0.1, 0.15) is 19.0 Å². The Balaban J connectivity index is 2.31. The van der Waals surface area contributed by atoms with Crippen LogP contribution in [-0.4, -0.2) is 29.8 Å². The number of rotatable bonds is 6. The van der Waals surface area contributed by atoms with Gasteiger partial charge in [-0.05, 0) is 11.5 Å². The number of aromatic nitrogens is 2. The van der Waals surface area contributed by atoms with E-state index >= 15 is 0 Å². The van der Waals surface area contributed by atoms with Crippen molar-refractivity contribution in [3.63, 3.8) is 0 Å². The number of benzene rings is 1. The lowest BCUT2D eigenvalue weighted by molar-refractivity contribution is -0.140.